The Morgan fingerprint density at radius 1 is 1.22 bits per heavy atom. The van der Waals surface area contributed by atoms with E-state index in [0.717, 1.165) is 17.0 Å². The number of hydrogen-bond acceptors (Lipinski definition) is 6. The third kappa shape index (κ3) is 6.71. The van der Waals surface area contributed by atoms with Crippen molar-refractivity contribution in [2.24, 2.45) is 0 Å². The number of carbonyl (C=O) groups is 2. The summed E-state index contributed by atoms with van der Waals surface area (Å²) in [6, 6.07) is 4.58. The van der Waals surface area contributed by atoms with Crippen molar-refractivity contribution in [2.45, 2.75) is 46.3 Å². The number of amides is 1. The van der Waals surface area contributed by atoms with Crippen LogP contribution in [0.5, 0.6) is 0 Å². The molecule has 0 aliphatic heterocycles. The van der Waals surface area contributed by atoms with Gasteiger partial charge in [0.25, 0.3) is 0 Å². The number of aldehydes is 1. The number of hydrogen-bond donors (Lipinski definition) is 1. The van der Waals surface area contributed by atoms with Crippen LogP contribution < -0.4 is 9.62 Å². The van der Waals surface area contributed by atoms with Crippen LogP contribution in [0.3, 0.4) is 0 Å². The average Bonchev–Trinajstić information content (AvgIpc) is 2.69. The molecule has 2 aromatic rings. The molecule has 0 fully saturated rings. The van der Waals surface area contributed by atoms with Crippen molar-refractivity contribution in [3.63, 3.8) is 0 Å². The van der Waals surface area contributed by atoms with E-state index < -0.39 is 51.1 Å². The van der Waals surface area contributed by atoms with Crippen LogP contribution >= 0.6 is 0 Å². The Bertz CT molecular complexity index is 1080. The van der Waals surface area contributed by atoms with Gasteiger partial charge < -0.3 is 4.74 Å². The third-order valence-electron chi connectivity index (χ3n) is 4.04. The molecule has 1 aromatic heterocycles. The first-order valence-electron chi connectivity index (χ1n) is 9.76. The van der Waals surface area contributed by atoms with Crippen molar-refractivity contribution in [3.8, 4) is 0 Å². The minimum Gasteiger partial charge on any atom is -0.443 e. The second kappa shape index (κ2) is 10.0. The van der Waals surface area contributed by atoms with Crippen LogP contribution in [0.1, 0.15) is 50.0 Å². The molecule has 0 spiro atoms. The highest BCUT2D eigenvalue weighted by atomic mass is 32.2. The zero-order valence-corrected chi connectivity index (χ0v) is 19.0. The molecule has 0 radical (unpaired) electrons. The topological polar surface area (TPSA) is 106 Å². The molecule has 0 atom stereocenters. The highest BCUT2D eigenvalue weighted by Gasteiger charge is 2.28. The van der Waals surface area contributed by atoms with Crippen LogP contribution in [0.4, 0.5) is 25.1 Å². The lowest BCUT2D eigenvalue weighted by Crippen LogP contribution is -2.37. The number of nitrogens with one attached hydrogen (secondary N) is 1. The van der Waals surface area contributed by atoms with Gasteiger partial charge in [0, 0.05) is 17.3 Å². The van der Waals surface area contributed by atoms with Crippen molar-refractivity contribution in [3.05, 3.63) is 53.2 Å². The summed E-state index contributed by atoms with van der Waals surface area (Å²) in [6.07, 6.45) is 1.13. The van der Waals surface area contributed by atoms with Gasteiger partial charge in [-0.05, 0) is 51.5 Å². The van der Waals surface area contributed by atoms with E-state index >= 15 is 4.39 Å². The minimum absolute atomic E-state index is 0.0133. The zero-order chi connectivity index (χ0) is 24.1. The lowest BCUT2D eigenvalue weighted by atomic mass is 10.1. The summed E-state index contributed by atoms with van der Waals surface area (Å²) in [5.41, 5.74) is -1.67. The van der Waals surface area contributed by atoms with E-state index in [0.29, 0.717) is 12.7 Å². The number of carbonyl (C=O) groups excluding carboxylic acids is 2. The van der Waals surface area contributed by atoms with Gasteiger partial charge in [0.15, 0.2) is 12.1 Å². The maximum absolute atomic E-state index is 15.1. The maximum atomic E-state index is 15.1. The van der Waals surface area contributed by atoms with Crippen LogP contribution in [0, 0.1) is 11.6 Å². The Morgan fingerprint density at radius 3 is 2.44 bits per heavy atom. The largest absolute Gasteiger partial charge is 0.443 e. The molecule has 8 nitrogen and oxygen atoms in total. The fourth-order valence-corrected chi connectivity index (χ4v) is 3.78. The summed E-state index contributed by atoms with van der Waals surface area (Å²) in [5.74, 6) is -2.40. The van der Waals surface area contributed by atoms with E-state index in [1.165, 1.54) is 18.3 Å². The number of nitrogens with zero attached hydrogens (tertiary/aromatic N) is 2. The predicted octanol–water partition coefficient (Wildman–Crippen LogP) is 4.27. The number of pyridine rings is 1. The van der Waals surface area contributed by atoms with Crippen molar-refractivity contribution >= 4 is 33.9 Å². The molecule has 1 N–H and O–H groups in total. The lowest BCUT2D eigenvalue weighted by molar-refractivity contribution is 0.0575. The van der Waals surface area contributed by atoms with E-state index in [-0.39, 0.29) is 17.1 Å². The molecule has 0 aliphatic carbocycles. The Morgan fingerprint density at radius 2 is 1.91 bits per heavy atom. The molecule has 0 saturated heterocycles. The SMILES string of the molecule is CCCS(=O)(=O)Nc1ccc(F)c(CN(C(=O)OC(C)(C)C)c2ccc(C=O)cn2)c1F. The molecule has 0 bridgehead atoms. The molecule has 1 amide bonds. The van der Waals surface area contributed by atoms with Gasteiger partial charge in [-0.2, -0.15) is 0 Å². The first kappa shape index (κ1) is 25.2. The fraction of sp³-hybridized carbons (Fsp3) is 0.381. The van der Waals surface area contributed by atoms with E-state index in [4.69, 9.17) is 4.74 Å². The summed E-state index contributed by atoms with van der Waals surface area (Å²) in [7, 11) is -3.83. The predicted molar refractivity (Wildman–Crippen MR) is 116 cm³/mol. The molecular formula is C21H25F2N3O5S. The molecule has 1 heterocycles. The molecule has 32 heavy (non-hydrogen) atoms. The van der Waals surface area contributed by atoms with Crippen LogP contribution in [-0.2, 0) is 21.3 Å². The van der Waals surface area contributed by atoms with Gasteiger partial charge in [-0.1, -0.05) is 6.92 Å². The van der Waals surface area contributed by atoms with Crippen LogP contribution in [0.15, 0.2) is 30.5 Å². The van der Waals surface area contributed by atoms with E-state index in [2.05, 4.69) is 9.71 Å². The van der Waals surface area contributed by atoms with E-state index in [1.54, 1.807) is 27.7 Å². The van der Waals surface area contributed by atoms with Gasteiger partial charge in [0.1, 0.15) is 17.2 Å². The second-order valence-corrected chi connectivity index (χ2v) is 9.78. The minimum atomic E-state index is -3.83. The van der Waals surface area contributed by atoms with Crippen molar-refractivity contribution in [1.82, 2.24) is 4.98 Å². The van der Waals surface area contributed by atoms with Gasteiger partial charge in [-0.25, -0.2) is 27.0 Å². The summed E-state index contributed by atoms with van der Waals surface area (Å²) in [6.45, 7) is 5.87. The Balaban J connectivity index is 2.48. The standard InChI is InChI=1S/C21H25F2N3O5S/c1-5-10-32(29,30)25-17-8-7-16(22)15(19(17)23)12-26(20(28)31-21(2,3)4)18-9-6-14(13-27)11-24-18/h6-9,11,13,25H,5,10,12H2,1-4H3. The van der Waals surface area contributed by atoms with Gasteiger partial charge in [0.2, 0.25) is 10.0 Å². The second-order valence-electron chi connectivity index (χ2n) is 7.94. The number of benzene rings is 1. The van der Waals surface area contributed by atoms with E-state index in [1.807, 2.05) is 0 Å². The summed E-state index contributed by atoms with van der Waals surface area (Å²) >= 11 is 0. The number of ether oxygens (including phenoxy) is 1. The van der Waals surface area contributed by atoms with Gasteiger partial charge in [-0.3, -0.25) is 14.4 Å². The Labute approximate surface area is 185 Å². The number of aromatic nitrogens is 1. The van der Waals surface area contributed by atoms with Crippen LogP contribution in [-0.4, -0.2) is 37.1 Å². The molecule has 2 rings (SSSR count). The highest BCUT2D eigenvalue weighted by Crippen LogP contribution is 2.26. The molecule has 174 valence electrons. The first-order chi connectivity index (χ1) is 14.9. The third-order valence-corrected chi connectivity index (χ3v) is 5.51. The fourth-order valence-electron chi connectivity index (χ4n) is 2.65. The zero-order valence-electron chi connectivity index (χ0n) is 18.2. The van der Waals surface area contributed by atoms with Gasteiger partial charge in [0.05, 0.1) is 18.0 Å². The number of halogens is 2. The quantitative estimate of drug-likeness (QED) is 0.579. The van der Waals surface area contributed by atoms with Gasteiger partial charge in [-0.15, -0.1) is 0 Å². The van der Waals surface area contributed by atoms with E-state index in [9.17, 15) is 22.4 Å². The van der Waals surface area contributed by atoms with Crippen LogP contribution in [0.25, 0.3) is 0 Å². The molecule has 1 aromatic carbocycles. The van der Waals surface area contributed by atoms with Crippen LogP contribution in [0.2, 0.25) is 0 Å². The Hall–Kier alpha value is -3.08. The lowest BCUT2D eigenvalue weighted by Gasteiger charge is -2.27. The number of sulfonamides is 1. The number of rotatable bonds is 8. The normalized spacial score (nSPS) is 11.7. The van der Waals surface area contributed by atoms with Crippen molar-refractivity contribution in [1.29, 1.82) is 0 Å². The summed E-state index contributed by atoms with van der Waals surface area (Å²) in [5, 5.41) is 0. The van der Waals surface area contributed by atoms with Crippen molar-refractivity contribution < 1.29 is 31.5 Å². The monoisotopic (exact) mass is 469 g/mol. The summed E-state index contributed by atoms with van der Waals surface area (Å²) < 4.78 is 61.1. The smallest absolute Gasteiger partial charge is 0.416 e. The maximum Gasteiger partial charge on any atom is 0.416 e. The number of anilines is 2. The Kier molecular flexibility index (Phi) is 7.89. The highest BCUT2D eigenvalue weighted by molar-refractivity contribution is 7.92. The summed E-state index contributed by atoms with van der Waals surface area (Å²) in [4.78, 5) is 28.6. The van der Waals surface area contributed by atoms with Crippen molar-refractivity contribution in [2.75, 3.05) is 15.4 Å². The molecule has 0 aliphatic rings. The molecule has 11 heteroatoms. The van der Waals surface area contributed by atoms with Gasteiger partial charge >= 0.3 is 6.09 Å². The average molecular weight is 470 g/mol. The molecular weight excluding hydrogens is 444 g/mol. The molecule has 0 saturated carbocycles. The first-order valence-corrected chi connectivity index (χ1v) is 11.4. The molecule has 0 unspecified atom stereocenters.